The molecule has 3 atom stereocenters. The average Bonchev–Trinajstić information content (AvgIpc) is 2.90. The Morgan fingerprint density at radius 2 is 1.90 bits per heavy atom. The SMILES string of the molecule is CC1(C)C(NCC(=O)N2CCCCC2)[C@]2(C)CC[C@H]1C2. The fourth-order valence-corrected chi connectivity index (χ4v) is 5.26. The highest BCUT2D eigenvalue weighted by atomic mass is 16.2. The van der Waals surface area contributed by atoms with E-state index in [4.69, 9.17) is 0 Å². The summed E-state index contributed by atoms with van der Waals surface area (Å²) in [6, 6.07) is 0.502. The fraction of sp³-hybridized carbons (Fsp3) is 0.941. The first kappa shape index (κ1) is 14.4. The average molecular weight is 278 g/mol. The third-order valence-electron chi connectivity index (χ3n) is 6.44. The molecule has 114 valence electrons. The number of carbonyl (C=O) groups excluding carboxylic acids is 1. The Hall–Kier alpha value is -0.570. The number of likely N-dealkylation sites (tertiary alicyclic amines) is 1. The molecule has 1 N–H and O–H groups in total. The van der Waals surface area contributed by atoms with Gasteiger partial charge in [-0.05, 0) is 55.3 Å². The number of hydrogen-bond acceptors (Lipinski definition) is 2. The first-order chi connectivity index (χ1) is 9.43. The Kier molecular flexibility index (Phi) is 3.60. The summed E-state index contributed by atoms with van der Waals surface area (Å²) in [5.74, 6) is 1.15. The maximum absolute atomic E-state index is 12.3. The minimum Gasteiger partial charge on any atom is -0.342 e. The fourth-order valence-electron chi connectivity index (χ4n) is 5.26. The van der Waals surface area contributed by atoms with Crippen LogP contribution in [0.15, 0.2) is 0 Å². The van der Waals surface area contributed by atoms with E-state index in [1.165, 1.54) is 38.5 Å². The summed E-state index contributed by atoms with van der Waals surface area (Å²) in [4.78, 5) is 14.4. The molecule has 2 saturated carbocycles. The van der Waals surface area contributed by atoms with E-state index in [1.54, 1.807) is 0 Å². The molecule has 2 bridgehead atoms. The van der Waals surface area contributed by atoms with Crippen LogP contribution in [0.5, 0.6) is 0 Å². The molecule has 2 aliphatic carbocycles. The zero-order valence-corrected chi connectivity index (χ0v) is 13.4. The molecule has 20 heavy (non-hydrogen) atoms. The Morgan fingerprint density at radius 3 is 2.50 bits per heavy atom. The number of nitrogens with one attached hydrogen (secondary N) is 1. The van der Waals surface area contributed by atoms with Crippen LogP contribution in [-0.2, 0) is 4.79 Å². The molecule has 0 spiro atoms. The van der Waals surface area contributed by atoms with Gasteiger partial charge in [-0.2, -0.15) is 0 Å². The molecule has 3 nitrogen and oxygen atoms in total. The molecule has 1 saturated heterocycles. The van der Waals surface area contributed by atoms with Gasteiger partial charge in [-0.1, -0.05) is 20.8 Å². The lowest BCUT2D eigenvalue weighted by Gasteiger charge is -2.43. The van der Waals surface area contributed by atoms with E-state index in [9.17, 15) is 4.79 Å². The van der Waals surface area contributed by atoms with Crippen LogP contribution in [0.25, 0.3) is 0 Å². The van der Waals surface area contributed by atoms with Crippen LogP contribution in [0.3, 0.4) is 0 Å². The highest BCUT2D eigenvalue weighted by Crippen LogP contribution is 2.62. The predicted molar refractivity (Wildman–Crippen MR) is 81.5 cm³/mol. The molecule has 1 amide bonds. The van der Waals surface area contributed by atoms with Crippen LogP contribution in [0.4, 0.5) is 0 Å². The van der Waals surface area contributed by atoms with Crippen LogP contribution in [0, 0.1) is 16.7 Å². The summed E-state index contributed by atoms with van der Waals surface area (Å²) >= 11 is 0. The Balaban J connectivity index is 1.59. The molecule has 3 aliphatic rings. The lowest BCUT2D eigenvalue weighted by atomic mass is 9.68. The molecule has 3 heteroatoms. The summed E-state index contributed by atoms with van der Waals surface area (Å²) in [6.45, 7) is 9.68. The van der Waals surface area contributed by atoms with Gasteiger partial charge >= 0.3 is 0 Å². The van der Waals surface area contributed by atoms with Gasteiger partial charge in [-0.25, -0.2) is 0 Å². The van der Waals surface area contributed by atoms with Crippen molar-refractivity contribution in [3.63, 3.8) is 0 Å². The molecular weight excluding hydrogens is 248 g/mol. The summed E-state index contributed by atoms with van der Waals surface area (Å²) in [5.41, 5.74) is 0.755. The van der Waals surface area contributed by atoms with E-state index in [-0.39, 0.29) is 0 Å². The standard InChI is InChI=1S/C17H30N2O/c1-16(2)13-7-8-17(3,11-13)15(16)18-12-14(20)19-9-5-4-6-10-19/h13,15,18H,4-12H2,1-3H3/t13-,15?,17+/m0/s1. The summed E-state index contributed by atoms with van der Waals surface area (Å²) in [5, 5.41) is 3.65. The third kappa shape index (κ3) is 2.28. The first-order valence-corrected chi connectivity index (χ1v) is 8.45. The molecule has 0 aromatic heterocycles. The highest BCUT2D eigenvalue weighted by Gasteiger charge is 2.59. The van der Waals surface area contributed by atoms with Crippen molar-refractivity contribution < 1.29 is 4.79 Å². The molecule has 0 radical (unpaired) electrons. The number of rotatable bonds is 3. The van der Waals surface area contributed by atoms with Gasteiger partial charge in [-0.15, -0.1) is 0 Å². The van der Waals surface area contributed by atoms with Crippen molar-refractivity contribution >= 4 is 5.91 Å². The summed E-state index contributed by atoms with van der Waals surface area (Å²) in [7, 11) is 0. The predicted octanol–water partition coefficient (Wildman–Crippen LogP) is 2.80. The number of carbonyl (C=O) groups is 1. The smallest absolute Gasteiger partial charge is 0.236 e. The Bertz CT molecular complexity index is 382. The van der Waals surface area contributed by atoms with Crippen LogP contribution in [0.1, 0.15) is 59.3 Å². The number of nitrogens with zero attached hydrogens (tertiary/aromatic N) is 1. The summed E-state index contributed by atoms with van der Waals surface area (Å²) < 4.78 is 0. The minimum absolute atomic E-state index is 0.312. The van der Waals surface area contributed by atoms with E-state index in [2.05, 4.69) is 31.0 Å². The highest BCUT2D eigenvalue weighted by molar-refractivity contribution is 5.78. The van der Waals surface area contributed by atoms with Crippen molar-refractivity contribution in [3.05, 3.63) is 0 Å². The van der Waals surface area contributed by atoms with Crippen molar-refractivity contribution in [3.8, 4) is 0 Å². The lowest BCUT2D eigenvalue weighted by Crippen LogP contribution is -2.53. The van der Waals surface area contributed by atoms with Crippen LogP contribution in [0.2, 0.25) is 0 Å². The molecule has 1 unspecified atom stereocenters. The Labute approximate surface area is 123 Å². The van der Waals surface area contributed by atoms with Crippen LogP contribution >= 0.6 is 0 Å². The monoisotopic (exact) mass is 278 g/mol. The lowest BCUT2D eigenvalue weighted by molar-refractivity contribution is -0.131. The molecular formula is C17H30N2O. The number of fused-ring (bicyclic) bond motifs is 2. The van der Waals surface area contributed by atoms with E-state index in [1.807, 2.05) is 0 Å². The van der Waals surface area contributed by atoms with Gasteiger partial charge < -0.3 is 10.2 Å². The zero-order valence-electron chi connectivity index (χ0n) is 13.4. The van der Waals surface area contributed by atoms with E-state index in [0.717, 1.165) is 19.0 Å². The second kappa shape index (κ2) is 5.01. The van der Waals surface area contributed by atoms with Crippen molar-refractivity contribution in [2.45, 2.75) is 65.3 Å². The number of piperidine rings is 1. The van der Waals surface area contributed by atoms with Gasteiger partial charge in [0.05, 0.1) is 6.54 Å². The van der Waals surface area contributed by atoms with Crippen molar-refractivity contribution in [1.29, 1.82) is 0 Å². The quantitative estimate of drug-likeness (QED) is 0.861. The van der Waals surface area contributed by atoms with E-state index < -0.39 is 0 Å². The van der Waals surface area contributed by atoms with Crippen LogP contribution < -0.4 is 5.32 Å². The number of hydrogen-bond donors (Lipinski definition) is 1. The molecule has 3 fully saturated rings. The Morgan fingerprint density at radius 1 is 1.20 bits per heavy atom. The molecule has 0 aromatic carbocycles. The topological polar surface area (TPSA) is 32.3 Å². The zero-order chi connectivity index (χ0) is 14.4. The van der Waals surface area contributed by atoms with Crippen molar-refractivity contribution in [2.24, 2.45) is 16.7 Å². The van der Waals surface area contributed by atoms with E-state index in [0.29, 0.717) is 29.3 Å². The van der Waals surface area contributed by atoms with Gasteiger partial charge in [0.25, 0.3) is 0 Å². The normalized spacial score (nSPS) is 39.2. The summed E-state index contributed by atoms with van der Waals surface area (Å²) in [6.07, 6.45) is 7.70. The largest absolute Gasteiger partial charge is 0.342 e. The maximum atomic E-state index is 12.3. The van der Waals surface area contributed by atoms with Gasteiger partial charge in [0.15, 0.2) is 0 Å². The molecule has 0 aromatic rings. The van der Waals surface area contributed by atoms with Crippen molar-refractivity contribution in [2.75, 3.05) is 19.6 Å². The van der Waals surface area contributed by atoms with Gasteiger partial charge in [0.1, 0.15) is 0 Å². The third-order valence-corrected chi connectivity index (χ3v) is 6.44. The van der Waals surface area contributed by atoms with Gasteiger partial charge in [-0.3, -0.25) is 4.79 Å². The van der Waals surface area contributed by atoms with Gasteiger partial charge in [0.2, 0.25) is 5.91 Å². The second-order valence-electron chi connectivity index (χ2n) is 8.17. The van der Waals surface area contributed by atoms with Crippen molar-refractivity contribution in [1.82, 2.24) is 10.2 Å². The molecule has 1 aliphatic heterocycles. The molecule has 3 rings (SSSR count). The maximum Gasteiger partial charge on any atom is 0.236 e. The minimum atomic E-state index is 0.312. The van der Waals surface area contributed by atoms with Gasteiger partial charge in [0, 0.05) is 19.1 Å². The number of amides is 1. The van der Waals surface area contributed by atoms with E-state index >= 15 is 0 Å². The van der Waals surface area contributed by atoms with Crippen LogP contribution in [-0.4, -0.2) is 36.5 Å². The first-order valence-electron chi connectivity index (χ1n) is 8.45. The molecule has 1 heterocycles. The second-order valence-corrected chi connectivity index (χ2v) is 8.17.